The molecule has 10 heteroatoms. The van der Waals surface area contributed by atoms with Crippen molar-refractivity contribution in [2.75, 3.05) is 19.8 Å². The second-order valence-electron chi connectivity index (χ2n) is 4.55. The van der Waals surface area contributed by atoms with Crippen LogP contribution in [0.25, 0.3) is 0 Å². The summed E-state index contributed by atoms with van der Waals surface area (Å²) in [7, 11) is -3.94. The van der Waals surface area contributed by atoms with Crippen molar-refractivity contribution in [3.05, 3.63) is 0 Å². The Labute approximate surface area is 129 Å². The first-order valence-corrected chi connectivity index (χ1v) is 8.77. The summed E-state index contributed by atoms with van der Waals surface area (Å²) >= 11 is 0. The van der Waals surface area contributed by atoms with Crippen LogP contribution in [0.15, 0.2) is 0 Å². The summed E-state index contributed by atoms with van der Waals surface area (Å²) in [5.41, 5.74) is 5.42. The summed E-state index contributed by atoms with van der Waals surface area (Å²) < 4.78 is 15.1. The van der Waals surface area contributed by atoms with Gasteiger partial charge in [0.25, 0.3) is 17.9 Å². The molecule has 4 N–H and O–H groups in total. The molecule has 0 aromatic heterocycles. The highest BCUT2D eigenvalue weighted by Gasteiger charge is 2.52. The molecule has 0 radical (unpaired) electrons. The van der Waals surface area contributed by atoms with Gasteiger partial charge in [0.2, 0.25) is 0 Å². The second-order valence-corrected chi connectivity index (χ2v) is 7.03. The predicted octanol–water partition coefficient (Wildman–Crippen LogP) is -1.07. The van der Waals surface area contributed by atoms with Crippen LogP contribution in [-0.2, 0) is 27.7 Å². The van der Waals surface area contributed by atoms with E-state index in [1.54, 1.807) is 0 Å². The van der Waals surface area contributed by atoms with E-state index in [1.807, 2.05) is 0 Å². The summed E-state index contributed by atoms with van der Waals surface area (Å²) in [5, 5.41) is 17.9. The molecule has 0 aromatic rings. The second kappa shape index (κ2) is 10.3. The highest BCUT2D eigenvalue weighted by molar-refractivity contribution is 6.65. The topological polar surface area (TPSA) is 145 Å². The van der Waals surface area contributed by atoms with Crippen molar-refractivity contribution in [3.8, 4) is 0 Å². The zero-order valence-corrected chi connectivity index (χ0v) is 13.7. The van der Waals surface area contributed by atoms with E-state index in [9.17, 15) is 14.4 Å². The summed E-state index contributed by atoms with van der Waals surface area (Å²) in [6.45, 7) is 1.59. The third-order valence-electron chi connectivity index (χ3n) is 2.59. The van der Waals surface area contributed by atoms with Crippen molar-refractivity contribution in [3.63, 3.8) is 0 Å². The highest BCUT2D eigenvalue weighted by atomic mass is 28.4. The van der Waals surface area contributed by atoms with Gasteiger partial charge in [-0.25, -0.2) is 0 Å². The Morgan fingerprint density at radius 2 is 1.45 bits per heavy atom. The zero-order chi connectivity index (χ0) is 17.2. The van der Waals surface area contributed by atoms with E-state index < -0.39 is 32.6 Å². The van der Waals surface area contributed by atoms with E-state index in [-0.39, 0.29) is 38.6 Å². The Balaban J connectivity index is 5.24. The van der Waals surface area contributed by atoms with Crippen molar-refractivity contribution in [2.24, 2.45) is 11.7 Å². The van der Waals surface area contributed by atoms with Gasteiger partial charge in [-0.15, -0.1) is 0 Å². The minimum Gasteiger partial charge on any atom is -0.455 e. The van der Waals surface area contributed by atoms with Gasteiger partial charge in [-0.3, -0.25) is 14.4 Å². The molecule has 0 rings (SSSR count). The van der Waals surface area contributed by atoms with Crippen LogP contribution < -0.4 is 5.73 Å². The maximum Gasteiger partial charge on any atom is 0.706 e. The molecule has 0 heterocycles. The first-order chi connectivity index (χ1) is 10.3. The van der Waals surface area contributed by atoms with Crippen LogP contribution in [0.1, 0.15) is 26.7 Å². The quantitative estimate of drug-likeness (QED) is 0.424. The molecule has 0 aromatic carbocycles. The van der Waals surface area contributed by atoms with Crippen molar-refractivity contribution >= 4 is 26.7 Å². The molecule has 22 heavy (non-hydrogen) atoms. The summed E-state index contributed by atoms with van der Waals surface area (Å²) in [6, 6.07) is -0.108. The van der Waals surface area contributed by atoms with Crippen molar-refractivity contribution in [2.45, 2.75) is 32.7 Å². The Bertz CT molecular complexity index is 367. The first kappa shape index (κ1) is 20.5. The number of hydrogen-bond acceptors (Lipinski definition) is 9. The maximum atomic E-state index is 12.1. The van der Waals surface area contributed by atoms with Crippen LogP contribution in [-0.4, -0.2) is 56.7 Å². The SMILES string of the molecule is CC(=O)O[Si](CCN)(OC(C)=O)OC(=O)C(CCO)CCO. The monoisotopic (exact) mass is 337 g/mol. The van der Waals surface area contributed by atoms with Gasteiger partial charge in [0.15, 0.2) is 0 Å². The van der Waals surface area contributed by atoms with Crippen LogP contribution >= 0.6 is 0 Å². The van der Waals surface area contributed by atoms with Crippen molar-refractivity contribution in [1.82, 2.24) is 0 Å². The molecular formula is C12H23NO8Si. The number of aliphatic hydroxyl groups excluding tert-OH is 2. The fourth-order valence-electron chi connectivity index (χ4n) is 1.76. The van der Waals surface area contributed by atoms with Crippen molar-refractivity contribution in [1.29, 1.82) is 0 Å². The molecule has 0 aliphatic heterocycles. The van der Waals surface area contributed by atoms with E-state index >= 15 is 0 Å². The Hall–Kier alpha value is -1.49. The summed E-state index contributed by atoms with van der Waals surface area (Å²) in [4.78, 5) is 34.6. The van der Waals surface area contributed by atoms with Gasteiger partial charge in [0.1, 0.15) is 0 Å². The lowest BCUT2D eigenvalue weighted by atomic mass is 10.0. The summed E-state index contributed by atoms with van der Waals surface area (Å²) in [5.74, 6) is -3.15. The average Bonchev–Trinajstić information content (AvgIpc) is 2.36. The highest BCUT2D eigenvalue weighted by Crippen LogP contribution is 2.20. The maximum absolute atomic E-state index is 12.1. The number of rotatable bonds is 10. The number of aliphatic hydroxyl groups is 2. The molecule has 0 fully saturated rings. The molecule has 0 amide bonds. The van der Waals surface area contributed by atoms with Gasteiger partial charge in [-0.2, -0.15) is 0 Å². The van der Waals surface area contributed by atoms with E-state index in [1.165, 1.54) is 0 Å². The normalized spacial score (nSPS) is 11.2. The molecule has 0 bridgehead atoms. The molecule has 128 valence electrons. The van der Waals surface area contributed by atoms with Gasteiger partial charge in [0.05, 0.1) is 12.0 Å². The molecule has 9 nitrogen and oxygen atoms in total. The molecule has 0 aliphatic carbocycles. The lowest BCUT2D eigenvalue weighted by Crippen LogP contribution is -2.51. The van der Waals surface area contributed by atoms with Crippen LogP contribution in [0.4, 0.5) is 0 Å². The Morgan fingerprint density at radius 1 is 1.00 bits per heavy atom. The van der Waals surface area contributed by atoms with Crippen LogP contribution in [0.2, 0.25) is 6.04 Å². The van der Waals surface area contributed by atoms with Gasteiger partial charge < -0.3 is 29.2 Å². The molecule has 0 saturated carbocycles. The number of carbonyl (C=O) groups excluding carboxylic acids is 3. The minimum absolute atomic E-state index is 0.0231. The average molecular weight is 337 g/mol. The first-order valence-electron chi connectivity index (χ1n) is 6.84. The van der Waals surface area contributed by atoms with Crippen LogP contribution in [0.5, 0.6) is 0 Å². The lowest BCUT2D eigenvalue weighted by Gasteiger charge is -2.28. The fraction of sp³-hybridized carbons (Fsp3) is 0.750. The van der Waals surface area contributed by atoms with Gasteiger partial charge in [-0.1, -0.05) is 0 Å². The van der Waals surface area contributed by atoms with E-state index in [0.29, 0.717) is 0 Å². The van der Waals surface area contributed by atoms with Crippen molar-refractivity contribution < 1.29 is 37.9 Å². The standard InChI is InChI=1S/C12H23NO8Si/c1-9(16)19-22(8-5-13,20-10(2)17)21-12(18)11(3-6-14)4-7-15/h11,14-15H,3-8,13H2,1-2H3. The fourth-order valence-corrected chi connectivity index (χ4v) is 3.89. The van der Waals surface area contributed by atoms with E-state index in [4.69, 9.17) is 29.2 Å². The lowest BCUT2D eigenvalue weighted by molar-refractivity contribution is -0.151. The van der Waals surface area contributed by atoms with Crippen LogP contribution in [0, 0.1) is 5.92 Å². The smallest absolute Gasteiger partial charge is 0.455 e. The number of hydrogen-bond donors (Lipinski definition) is 3. The molecular weight excluding hydrogens is 314 g/mol. The molecule has 0 unspecified atom stereocenters. The Morgan fingerprint density at radius 3 is 1.77 bits per heavy atom. The van der Waals surface area contributed by atoms with E-state index in [0.717, 1.165) is 13.8 Å². The predicted molar refractivity (Wildman–Crippen MR) is 76.1 cm³/mol. The van der Waals surface area contributed by atoms with Gasteiger partial charge in [-0.05, 0) is 12.8 Å². The zero-order valence-electron chi connectivity index (χ0n) is 12.7. The molecule has 0 aliphatic rings. The largest absolute Gasteiger partial charge is 0.706 e. The molecule has 0 atom stereocenters. The number of carbonyl (C=O) groups is 3. The number of nitrogens with two attached hydrogens (primary N) is 1. The molecule has 0 spiro atoms. The third kappa shape index (κ3) is 7.50. The summed E-state index contributed by atoms with van der Waals surface area (Å²) in [6.07, 6.45) is 0.124. The van der Waals surface area contributed by atoms with Crippen LogP contribution in [0.3, 0.4) is 0 Å². The van der Waals surface area contributed by atoms with Gasteiger partial charge in [0, 0.05) is 33.6 Å². The minimum atomic E-state index is -3.94. The molecule has 0 saturated heterocycles. The Kier molecular flexibility index (Phi) is 9.57. The van der Waals surface area contributed by atoms with Gasteiger partial charge >= 0.3 is 8.80 Å². The third-order valence-corrected chi connectivity index (χ3v) is 5.20. The van der Waals surface area contributed by atoms with E-state index in [2.05, 4.69) is 0 Å².